The lowest BCUT2D eigenvalue weighted by molar-refractivity contribution is -0.122. The number of nitrogens with zero attached hydrogens (tertiary/aromatic N) is 2. The molecular formula is C23H25F3N6O2. The molecule has 1 aromatic carbocycles. The molecule has 2 amide bonds. The molecule has 11 heteroatoms. The second kappa shape index (κ2) is 9.96. The average molecular weight is 474 g/mol. The summed E-state index contributed by atoms with van der Waals surface area (Å²) < 4.78 is 38.7. The highest BCUT2D eigenvalue weighted by molar-refractivity contribution is 6.08. The van der Waals surface area contributed by atoms with E-state index in [2.05, 4.69) is 15.6 Å². The van der Waals surface area contributed by atoms with Gasteiger partial charge in [-0.25, -0.2) is 9.78 Å². The number of alkyl halides is 3. The highest BCUT2D eigenvalue weighted by atomic mass is 19.4. The number of urea groups is 1. The fraction of sp³-hybridized carbons (Fsp3) is 0.261. The molecule has 5 N–H and O–H groups in total. The van der Waals surface area contributed by atoms with Gasteiger partial charge < -0.3 is 26.5 Å². The first-order valence-corrected chi connectivity index (χ1v) is 10.3. The van der Waals surface area contributed by atoms with Crippen LogP contribution in [0.2, 0.25) is 0 Å². The Hall–Kier alpha value is -3.86. The normalized spacial score (nSPS) is 12.5. The number of allylic oxidation sites excluding steroid dienone is 1. The number of amides is 2. The topological polar surface area (TPSA) is 115 Å². The molecule has 2 heterocycles. The van der Waals surface area contributed by atoms with Crippen molar-refractivity contribution in [3.8, 4) is 11.3 Å². The van der Waals surface area contributed by atoms with Gasteiger partial charge in [0.05, 0.1) is 24.0 Å². The number of aromatic nitrogens is 2. The molecular weight excluding hydrogens is 449 g/mol. The summed E-state index contributed by atoms with van der Waals surface area (Å²) in [6, 6.07) is 9.33. The second-order valence-corrected chi connectivity index (χ2v) is 8.22. The largest absolute Gasteiger partial charge is 0.405 e. The molecule has 0 aliphatic heterocycles. The number of hydrogen-bond acceptors (Lipinski definition) is 5. The molecule has 8 nitrogen and oxygen atoms in total. The predicted molar refractivity (Wildman–Crippen MR) is 125 cm³/mol. The van der Waals surface area contributed by atoms with Crippen molar-refractivity contribution in [2.45, 2.75) is 25.6 Å². The molecule has 0 aliphatic carbocycles. The maximum Gasteiger partial charge on any atom is 0.405 e. The molecule has 0 radical (unpaired) electrons. The molecule has 0 bridgehead atoms. The van der Waals surface area contributed by atoms with Crippen LogP contribution >= 0.6 is 0 Å². The minimum atomic E-state index is -4.49. The van der Waals surface area contributed by atoms with Gasteiger partial charge in [0.1, 0.15) is 12.2 Å². The molecule has 3 aromatic rings. The van der Waals surface area contributed by atoms with E-state index in [-0.39, 0.29) is 6.61 Å². The van der Waals surface area contributed by atoms with E-state index in [1.807, 2.05) is 24.3 Å². The van der Waals surface area contributed by atoms with Gasteiger partial charge in [0.25, 0.3) is 0 Å². The van der Waals surface area contributed by atoms with E-state index < -0.39 is 24.3 Å². The monoisotopic (exact) mass is 474 g/mol. The van der Waals surface area contributed by atoms with E-state index in [0.717, 1.165) is 5.56 Å². The maximum atomic E-state index is 12.3. The number of benzene rings is 1. The number of nitrogens with one attached hydrogen (secondary N) is 4. The lowest BCUT2D eigenvalue weighted by Crippen LogP contribution is -2.39. The number of aliphatic hydroxyl groups excluding tert-OH is 1. The zero-order valence-corrected chi connectivity index (χ0v) is 18.6. The molecule has 0 aliphatic rings. The summed E-state index contributed by atoms with van der Waals surface area (Å²) in [5.74, 6) is 0. The number of anilines is 1. The van der Waals surface area contributed by atoms with Gasteiger partial charge in [0.15, 0.2) is 0 Å². The van der Waals surface area contributed by atoms with Crippen LogP contribution in [0.25, 0.3) is 22.5 Å². The van der Waals surface area contributed by atoms with Crippen LogP contribution in [0, 0.1) is 5.41 Å². The summed E-state index contributed by atoms with van der Waals surface area (Å²) in [5, 5.41) is 24.4. The number of carbonyl (C=O) groups excluding carboxylic acids is 1. The van der Waals surface area contributed by atoms with Gasteiger partial charge in [-0.15, -0.1) is 0 Å². The smallest absolute Gasteiger partial charge is 0.394 e. The summed E-state index contributed by atoms with van der Waals surface area (Å²) in [4.78, 5) is 16.2. The molecule has 0 saturated carbocycles. The molecule has 34 heavy (non-hydrogen) atoms. The van der Waals surface area contributed by atoms with Gasteiger partial charge in [-0.05, 0) is 43.7 Å². The van der Waals surface area contributed by atoms with Crippen molar-refractivity contribution in [2.75, 3.05) is 18.5 Å². The summed E-state index contributed by atoms with van der Waals surface area (Å²) in [6.07, 6.45) is 1.81. The number of carbonyl (C=O) groups is 1. The van der Waals surface area contributed by atoms with E-state index in [1.54, 1.807) is 54.2 Å². The van der Waals surface area contributed by atoms with Crippen LogP contribution in [0.5, 0.6) is 0 Å². The number of halogens is 3. The third kappa shape index (κ3) is 6.35. The van der Waals surface area contributed by atoms with Gasteiger partial charge in [0.2, 0.25) is 0 Å². The van der Waals surface area contributed by atoms with Crippen molar-refractivity contribution in [1.29, 1.82) is 5.41 Å². The van der Waals surface area contributed by atoms with Gasteiger partial charge in [0, 0.05) is 35.4 Å². The van der Waals surface area contributed by atoms with Crippen LogP contribution in [-0.4, -0.2) is 51.6 Å². The number of rotatable bonds is 8. The van der Waals surface area contributed by atoms with Crippen molar-refractivity contribution in [1.82, 2.24) is 20.0 Å². The van der Waals surface area contributed by atoms with Crippen LogP contribution in [-0.2, 0) is 0 Å². The summed E-state index contributed by atoms with van der Waals surface area (Å²) in [6.45, 7) is 2.17. The summed E-state index contributed by atoms with van der Waals surface area (Å²) in [5.41, 5.74) is 3.16. The maximum absolute atomic E-state index is 12.3. The van der Waals surface area contributed by atoms with E-state index in [0.29, 0.717) is 28.2 Å². The number of imidazole rings is 1. The first kappa shape index (κ1) is 24.8. The number of pyridine rings is 1. The van der Waals surface area contributed by atoms with Crippen LogP contribution in [0.15, 0.2) is 55.0 Å². The highest BCUT2D eigenvalue weighted by Crippen LogP contribution is 2.25. The zero-order chi connectivity index (χ0) is 24.9. The molecule has 0 atom stereocenters. The Kier molecular flexibility index (Phi) is 7.26. The quantitative estimate of drug-likeness (QED) is 0.317. The number of aliphatic hydroxyl groups is 1. The first-order chi connectivity index (χ1) is 16.0. The van der Waals surface area contributed by atoms with E-state index in [1.165, 1.54) is 6.21 Å². The van der Waals surface area contributed by atoms with Crippen LogP contribution in [0.1, 0.15) is 19.4 Å². The molecule has 0 saturated heterocycles. The molecule has 0 spiro atoms. The number of fused-ring (bicyclic) bond motifs is 1. The summed E-state index contributed by atoms with van der Waals surface area (Å²) in [7, 11) is 0. The molecule has 0 unspecified atom stereocenters. The Morgan fingerprint density at radius 2 is 2.00 bits per heavy atom. The second-order valence-electron chi connectivity index (χ2n) is 8.22. The minimum absolute atomic E-state index is 0.0741. The standard InChI is InChI=1S/C23H25F3N6O2/c1-22(2,14-33)30-11-17(10-27)15-6-7-32-19(12-28-20(32)9-15)16-4-3-5-18(8-16)31-21(34)29-13-23(24,25)26/h3-12,27,30,33H,13-14H2,1-2H3,(H2,29,31,34)/b17-11+,27-10?. The van der Waals surface area contributed by atoms with Crippen molar-refractivity contribution < 1.29 is 23.1 Å². The Morgan fingerprint density at radius 1 is 1.24 bits per heavy atom. The van der Waals surface area contributed by atoms with Gasteiger partial charge >= 0.3 is 12.2 Å². The van der Waals surface area contributed by atoms with Crippen LogP contribution in [0.4, 0.5) is 23.7 Å². The average Bonchev–Trinajstić information content (AvgIpc) is 3.21. The number of hydrogen-bond donors (Lipinski definition) is 5. The highest BCUT2D eigenvalue weighted by Gasteiger charge is 2.27. The molecule has 180 valence electrons. The predicted octanol–water partition coefficient (Wildman–Crippen LogP) is 4.04. The fourth-order valence-electron chi connectivity index (χ4n) is 3.01. The van der Waals surface area contributed by atoms with Crippen molar-refractivity contribution in [3.05, 3.63) is 60.6 Å². The Labute approximate surface area is 194 Å². The third-order valence-corrected chi connectivity index (χ3v) is 4.88. The zero-order valence-electron chi connectivity index (χ0n) is 18.6. The third-order valence-electron chi connectivity index (χ3n) is 4.88. The van der Waals surface area contributed by atoms with E-state index >= 15 is 0 Å². The van der Waals surface area contributed by atoms with Gasteiger partial charge in [-0.3, -0.25) is 4.40 Å². The van der Waals surface area contributed by atoms with Gasteiger partial charge in [-0.1, -0.05) is 12.1 Å². The van der Waals surface area contributed by atoms with Gasteiger partial charge in [-0.2, -0.15) is 13.2 Å². The summed E-state index contributed by atoms with van der Waals surface area (Å²) >= 11 is 0. The van der Waals surface area contributed by atoms with Crippen molar-refractivity contribution >= 4 is 29.2 Å². The van der Waals surface area contributed by atoms with E-state index in [9.17, 15) is 23.1 Å². The lowest BCUT2D eigenvalue weighted by Gasteiger charge is -2.22. The van der Waals surface area contributed by atoms with Crippen LogP contribution < -0.4 is 16.0 Å². The SMILES string of the molecule is CC(C)(CO)N/C=C(\C=N)c1ccn2c(-c3cccc(NC(=O)NCC(F)(F)F)c3)cnc2c1. The lowest BCUT2D eigenvalue weighted by atomic mass is 10.1. The van der Waals surface area contributed by atoms with E-state index in [4.69, 9.17) is 5.41 Å². The Bertz CT molecular complexity index is 1220. The Morgan fingerprint density at radius 3 is 2.68 bits per heavy atom. The van der Waals surface area contributed by atoms with Crippen LogP contribution in [0.3, 0.4) is 0 Å². The molecule has 0 fully saturated rings. The van der Waals surface area contributed by atoms with Crippen molar-refractivity contribution in [2.24, 2.45) is 0 Å². The molecule has 3 rings (SSSR count). The molecule has 2 aromatic heterocycles. The minimum Gasteiger partial charge on any atom is -0.394 e. The Balaban J connectivity index is 1.83. The van der Waals surface area contributed by atoms with Crippen molar-refractivity contribution in [3.63, 3.8) is 0 Å². The fourth-order valence-corrected chi connectivity index (χ4v) is 3.01. The first-order valence-electron chi connectivity index (χ1n) is 10.3.